The molecule has 2 saturated heterocycles. The normalized spacial score (nSPS) is 21.3. The molecule has 1 aromatic rings. The van der Waals surface area contributed by atoms with Gasteiger partial charge in [0.1, 0.15) is 5.82 Å². The topological polar surface area (TPSA) is 39.7 Å². The molecule has 0 saturated carbocycles. The van der Waals surface area contributed by atoms with Crippen molar-refractivity contribution in [2.75, 3.05) is 44.2 Å². The number of anilines is 1. The van der Waals surface area contributed by atoms with Crippen molar-refractivity contribution in [3.63, 3.8) is 0 Å². The van der Waals surface area contributed by atoms with Crippen LogP contribution in [-0.4, -0.2) is 66.0 Å². The highest BCUT2D eigenvalue weighted by Gasteiger charge is 2.34. The van der Waals surface area contributed by atoms with Crippen molar-refractivity contribution < 1.29 is 4.79 Å². The van der Waals surface area contributed by atoms with Gasteiger partial charge in [0, 0.05) is 58.4 Å². The van der Waals surface area contributed by atoms with Crippen molar-refractivity contribution in [2.45, 2.75) is 13.0 Å². The first-order chi connectivity index (χ1) is 9.24. The zero-order chi connectivity index (χ0) is 13.2. The maximum Gasteiger partial charge on any atom is 0.219 e. The number of piperazine rings is 1. The van der Waals surface area contributed by atoms with E-state index in [1.165, 1.54) is 0 Å². The first-order valence-corrected chi connectivity index (χ1v) is 6.89. The average molecular weight is 260 g/mol. The van der Waals surface area contributed by atoms with Crippen molar-refractivity contribution in [1.29, 1.82) is 0 Å². The molecule has 0 N–H and O–H groups in total. The molecular formula is C14H20N4O. The van der Waals surface area contributed by atoms with Crippen LogP contribution in [0.2, 0.25) is 0 Å². The quantitative estimate of drug-likeness (QED) is 0.773. The molecule has 2 aliphatic rings. The molecule has 0 bridgehead atoms. The van der Waals surface area contributed by atoms with Gasteiger partial charge >= 0.3 is 0 Å². The number of rotatable bonds is 2. The number of amides is 1. The summed E-state index contributed by atoms with van der Waals surface area (Å²) in [5.41, 5.74) is 0. The van der Waals surface area contributed by atoms with E-state index in [2.05, 4.69) is 20.9 Å². The number of nitrogens with zero attached hydrogens (tertiary/aromatic N) is 4. The first kappa shape index (κ1) is 12.4. The summed E-state index contributed by atoms with van der Waals surface area (Å²) in [4.78, 5) is 22.3. The van der Waals surface area contributed by atoms with Gasteiger partial charge in [0.05, 0.1) is 0 Å². The van der Waals surface area contributed by atoms with E-state index in [0.29, 0.717) is 6.04 Å². The lowest BCUT2D eigenvalue weighted by Crippen LogP contribution is -2.64. The molecule has 5 nitrogen and oxygen atoms in total. The fourth-order valence-electron chi connectivity index (χ4n) is 2.80. The summed E-state index contributed by atoms with van der Waals surface area (Å²) in [7, 11) is 0. The molecule has 0 aliphatic carbocycles. The van der Waals surface area contributed by atoms with E-state index in [9.17, 15) is 4.79 Å². The molecule has 5 heteroatoms. The molecule has 0 radical (unpaired) electrons. The van der Waals surface area contributed by atoms with Crippen molar-refractivity contribution in [1.82, 2.24) is 14.8 Å². The second-order valence-corrected chi connectivity index (χ2v) is 5.29. The van der Waals surface area contributed by atoms with Crippen molar-refractivity contribution >= 4 is 11.7 Å². The summed E-state index contributed by atoms with van der Waals surface area (Å²) >= 11 is 0. The van der Waals surface area contributed by atoms with E-state index in [0.717, 1.165) is 45.1 Å². The van der Waals surface area contributed by atoms with Gasteiger partial charge in [0.15, 0.2) is 0 Å². The van der Waals surface area contributed by atoms with E-state index < -0.39 is 0 Å². The minimum absolute atomic E-state index is 0.198. The van der Waals surface area contributed by atoms with Crippen LogP contribution in [0.5, 0.6) is 0 Å². The summed E-state index contributed by atoms with van der Waals surface area (Å²) < 4.78 is 0. The van der Waals surface area contributed by atoms with Gasteiger partial charge in [-0.05, 0) is 12.1 Å². The van der Waals surface area contributed by atoms with E-state index in [4.69, 9.17) is 0 Å². The molecule has 102 valence electrons. The van der Waals surface area contributed by atoms with Crippen LogP contribution in [0.1, 0.15) is 6.92 Å². The van der Waals surface area contributed by atoms with Crippen LogP contribution in [0.4, 0.5) is 5.82 Å². The molecule has 0 unspecified atom stereocenters. The number of carbonyl (C=O) groups is 1. The second-order valence-electron chi connectivity index (χ2n) is 5.29. The number of hydrogen-bond donors (Lipinski definition) is 0. The molecule has 2 aliphatic heterocycles. The molecule has 0 spiro atoms. The number of carbonyl (C=O) groups excluding carboxylic acids is 1. The number of hydrogen-bond acceptors (Lipinski definition) is 4. The predicted octanol–water partition coefficient (Wildman–Crippen LogP) is 0.434. The molecular weight excluding hydrogens is 240 g/mol. The predicted molar refractivity (Wildman–Crippen MR) is 74.1 cm³/mol. The smallest absolute Gasteiger partial charge is 0.219 e. The fourth-order valence-corrected chi connectivity index (χ4v) is 2.80. The zero-order valence-electron chi connectivity index (χ0n) is 11.3. The Bertz CT molecular complexity index is 436. The molecule has 3 heterocycles. The Hall–Kier alpha value is -1.62. The lowest BCUT2D eigenvalue weighted by molar-refractivity contribution is -0.136. The Morgan fingerprint density at radius 1 is 1.21 bits per heavy atom. The van der Waals surface area contributed by atoms with Gasteiger partial charge in [-0.25, -0.2) is 4.98 Å². The highest BCUT2D eigenvalue weighted by Crippen LogP contribution is 2.19. The van der Waals surface area contributed by atoms with Gasteiger partial charge in [-0.1, -0.05) is 6.07 Å². The van der Waals surface area contributed by atoms with Crippen LogP contribution in [0, 0.1) is 0 Å². The van der Waals surface area contributed by atoms with Crippen molar-refractivity contribution in [3.8, 4) is 0 Å². The zero-order valence-corrected chi connectivity index (χ0v) is 11.3. The van der Waals surface area contributed by atoms with E-state index in [1.54, 1.807) is 6.92 Å². The minimum atomic E-state index is 0.198. The molecule has 3 rings (SSSR count). The molecule has 19 heavy (non-hydrogen) atoms. The molecule has 2 fully saturated rings. The number of likely N-dealkylation sites (tertiary alicyclic amines) is 1. The average Bonchev–Trinajstić information content (AvgIpc) is 2.38. The van der Waals surface area contributed by atoms with Gasteiger partial charge in [-0.2, -0.15) is 0 Å². The Morgan fingerprint density at radius 2 is 1.95 bits per heavy atom. The molecule has 0 aromatic carbocycles. The fraction of sp³-hybridized carbons (Fsp3) is 0.571. The Kier molecular flexibility index (Phi) is 3.38. The maximum absolute atomic E-state index is 11.2. The van der Waals surface area contributed by atoms with Gasteiger partial charge in [-0.3, -0.25) is 9.69 Å². The van der Waals surface area contributed by atoms with Crippen LogP contribution in [-0.2, 0) is 4.79 Å². The third-order valence-corrected chi connectivity index (χ3v) is 4.11. The minimum Gasteiger partial charge on any atom is -0.354 e. The van der Waals surface area contributed by atoms with Crippen LogP contribution >= 0.6 is 0 Å². The van der Waals surface area contributed by atoms with Crippen molar-refractivity contribution in [2.24, 2.45) is 0 Å². The SMILES string of the molecule is CC(=O)N1CC(N2CCN(c3ccccn3)CC2)C1. The lowest BCUT2D eigenvalue weighted by atomic mass is 10.1. The maximum atomic E-state index is 11.2. The standard InChI is InChI=1S/C14H20N4O/c1-12(19)18-10-13(11-18)16-6-8-17(9-7-16)14-4-2-3-5-15-14/h2-5,13H,6-11H2,1H3. The van der Waals surface area contributed by atoms with Gasteiger partial charge in [0.2, 0.25) is 5.91 Å². The van der Waals surface area contributed by atoms with Gasteiger partial charge in [0.25, 0.3) is 0 Å². The third kappa shape index (κ3) is 2.56. The number of pyridine rings is 1. The third-order valence-electron chi connectivity index (χ3n) is 4.11. The second kappa shape index (κ2) is 5.17. The van der Waals surface area contributed by atoms with E-state index in [-0.39, 0.29) is 5.91 Å². The Labute approximate surface area is 113 Å². The van der Waals surface area contributed by atoms with Gasteiger partial charge < -0.3 is 9.80 Å². The molecule has 0 atom stereocenters. The number of aromatic nitrogens is 1. The summed E-state index contributed by atoms with van der Waals surface area (Å²) in [6, 6.07) is 6.61. The Balaban J connectivity index is 1.49. The Morgan fingerprint density at radius 3 is 2.53 bits per heavy atom. The molecule has 1 aromatic heterocycles. The highest BCUT2D eigenvalue weighted by atomic mass is 16.2. The first-order valence-electron chi connectivity index (χ1n) is 6.89. The van der Waals surface area contributed by atoms with Gasteiger partial charge in [-0.15, -0.1) is 0 Å². The monoisotopic (exact) mass is 260 g/mol. The van der Waals surface area contributed by atoms with Crippen LogP contribution < -0.4 is 4.90 Å². The summed E-state index contributed by atoms with van der Waals surface area (Å²) in [6.07, 6.45) is 1.85. The lowest BCUT2D eigenvalue weighted by Gasteiger charge is -2.48. The summed E-state index contributed by atoms with van der Waals surface area (Å²) in [5.74, 6) is 1.27. The van der Waals surface area contributed by atoms with Crippen LogP contribution in [0.25, 0.3) is 0 Å². The van der Waals surface area contributed by atoms with Crippen LogP contribution in [0.3, 0.4) is 0 Å². The largest absolute Gasteiger partial charge is 0.354 e. The highest BCUT2D eigenvalue weighted by molar-refractivity contribution is 5.74. The summed E-state index contributed by atoms with van der Waals surface area (Å²) in [5, 5.41) is 0. The van der Waals surface area contributed by atoms with Crippen molar-refractivity contribution in [3.05, 3.63) is 24.4 Å². The summed E-state index contributed by atoms with van der Waals surface area (Å²) in [6.45, 7) is 7.62. The van der Waals surface area contributed by atoms with Crippen LogP contribution in [0.15, 0.2) is 24.4 Å². The van der Waals surface area contributed by atoms with E-state index >= 15 is 0 Å². The van der Waals surface area contributed by atoms with E-state index in [1.807, 2.05) is 23.2 Å². The molecule has 1 amide bonds.